The van der Waals surface area contributed by atoms with Gasteiger partial charge in [0.2, 0.25) is 11.0 Å². The fourth-order valence-corrected chi connectivity index (χ4v) is 4.63. The van der Waals surface area contributed by atoms with Gasteiger partial charge in [0.25, 0.3) is 5.91 Å². The maximum Gasteiger partial charge on any atom is 0.257 e. The zero-order valence-electron chi connectivity index (χ0n) is 15.3. The summed E-state index contributed by atoms with van der Waals surface area (Å²) >= 11 is 2.76. The van der Waals surface area contributed by atoms with Gasteiger partial charge >= 0.3 is 0 Å². The van der Waals surface area contributed by atoms with E-state index in [9.17, 15) is 14.0 Å². The standard InChI is InChI=1S/C20H17FN4O2S2/c21-15-7-3-13(4-8-15)12-28-20-24-23-19(29-20)22-18(27)14-5-9-16(10-6-14)25-11-1-2-17(25)26/h3-10H,1-2,11-12H2,(H,22,23,27). The number of benzene rings is 2. The van der Waals surface area contributed by atoms with Crippen LogP contribution in [-0.2, 0) is 10.5 Å². The molecule has 3 aromatic rings. The topological polar surface area (TPSA) is 75.2 Å². The Balaban J connectivity index is 1.34. The van der Waals surface area contributed by atoms with Crippen molar-refractivity contribution in [2.75, 3.05) is 16.8 Å². The van der Waals surface area contributed by atoms with Crippen LogP contribution in [0.15, 0.2) is 52.9 Å². The molecule has 0 bridgehead atoms. The molecule has 2 heterocycles. The molecule has 2 amide bonds. The number of nitrogens with zero attached hydrogens (tertiary/aromatic N) is 3. The molecule has 2 aromatic carbocycles. The van der Waals surface area contributed by atoms with Gasteiger partial charge in [0, 0.05) is 30.0 Å². The van der Waals surface area contributed by atoms with Crippen LogP contribution in [0.1, 0.15) is 28.8 Å². The van der Waals surface area contributed by atoms with Crippen LogP contribution in [-0.4, -0.2) is 28.6 Å². The minimum absolute atomic E-state index is 0.113. The molecule has 0 unspecified atom stereocenters. The van der Waals surface area contributed by atoms with Crippen molar-refractivity contribution in [3.05, 3.63) is 65.5 Å². The molecule has 1 aliphatic heterocycles. The zero-order chi connectivity index (χ0) is 20.2. The van der Waals surface area contributed by atoms with Gasteiger partial charge in [-0.2, -0.15) is 0 Å². The van der Waals surface area contributed by atoms with Crippen LogP contribution in [0, 0.1) is 5.82 Å². The van der Waals surface area contributed by atoms with Gasteiger partial charge in [-0.25, -0.2) is 4.39 Å². The highest BCUT2D eigenvalue weighted by Crippen LogP contribution is 2.29. The monoisotopic (exact) mass is 428 g/mol. The summed E-state index contributed by atoms with van der Waals surface area (Å²) in [6.07, 6.45) is 1.43. The fourth-order valence-electron chi connectivity index (χ4n) is 2.93. The average molecular weight is 429 g/mol. The van der Waals surface area contributed by atoms with Crippen molar-refractivity contribution in [2.24, 2.45) is 0 Å². The predicted molar refractivity (Wildman–Crippen MR) is 112 cm³/mol. The molecule has 0 saturated carbocycles. The van der Waals surface area contributed by atoms with E-state index in [4.69, 9.17) is 0 Å². The lowest BCUT2D eigenvalue weighted by atomic mass is 10.2. The Morgan fingerprint density at radius 1 is 1.14 bits per heavy atom. The molecular weight excluding hydrogens is 411 g/mol. The second-order valence-electron chi connectivity index (χ2n) is 6.44. The van der Waals surface area contributed by atoms with Crippen molar-refractivity contribution in [1.82, 2.24) is 10.2 Å². The highest BCUT2D eigenvalue weighted by atomic mass is 32.2. The third kappa shape index (κ3) is 4.80. The molecule has 1 saturated heterocycles. The Morgan fingerprint density at radius 3 is 2.59 bits per heavy atom. The van der Waals surface area contributed by atoms with Gasteiger partial charge in [0.15, 0.2) is 4.34 Å². The summed E-state index contributed by atoms with van der Waals surface area (Å²) in [7, 11) is 0. The van der Waals surface area contributed by atoms with Crippen molar-refractivity contribution in [3.63, 3.8) is 0 Å². The number of carbonyl (C=O) groups excluding carboxylic acids is 2. The number of rotatable bonds is 6. The first-order valence-electron chi connectivity index (χ1n) is 9.01. The number of halogens is 1. The largest absolute Gasteiger partial charge is 0.312 e. The number of anilines is 2. The van der Waals surface area contributed by atoms with E-state index in [1.54, 1.807) is 41.3 Å². The Hall–Kier alpha value is -2.78. The summed E-state index contributed by atoms with van der Waals surface area (Å²) in [4.78, 5) is 26.0. The zero-order valence-corrected chi connectivity index (χ0v) is 16.9. The first-order valence-corrected chi connectivity index (χ1v) is 10.8. The first kappa shape index (κ1) is 19.5. The van der Waals surface area contributed by atoms with Crippen LogP contribution in [0.4, 0.5) is 15.2 Å². The lowest BCUT2D eigenvalue weighted by molar-refractivity contribution is -0.117. The summed E-state index contributed by atoms with van der Waals surface area (Å²) in [5.41, 5.74) is 2.27. The van der Waals surface area contributed by atoms with Crippen LogP contribution >= 0.6 is 23.1 Å². The molecule has 0 aliphatic carbocycles. The number of nitrogens with one attached hydrogen (secondary N) is 1. The van der Waals surface area contributed by atoms with Gasteiger partial charge in [-0.15, -0.1) is 10.2 Å². The van der Waals surface area contributed by atoms with Crippen LogP contribution in [0.3, 0.4) is 0 Å². The molecular formula is C20H17FN4O2S2. The highest BCUT2D eigenvalue weighted by molar-refractivity contribution is 8.00. The predicted octanol–water partition coefficient (Wildman–Crippen LogP) is 4.35. The van der Waals surface area contributed by atoms with Gasteiger partial charge in [0.05, 0.1) is 0 Å². The maximum absolute atomic E-state index is 12.9. The van der Waals surface area contributed by atoms with E-state index in [0.29, 0.717) is 33.8 Å². The third-order valence-corrected chi connectivity index (χ3v) is 6.46. The van der Waals surface area contributed by atoms with Crippen molar-refractivity contribution >= 4 is 45.7 Å². The van der Waals surface area contributed by atoms with Gasteiger partial charge in [-0.3, -0.25) is 14.9 Å². The van der Waals surface area contributed by atoms with E-state index in [0.717, 1.165) is 17.7 Å². The molecule has 1 N–H and O–H groups in total. The van der Waals surface area contributed by atoms with E-state index in [1.807, 2.05) is 0 Å². The average Bonchev–Trinajstić information content (AvgIpc) is 3.36. The minimum atomic E-state index is -0.282. The molecule has 1 aromatic heterocycles. The smallest absolute Gasteiger partial charge is 0.257 e. The van der Waals surface area contributed by atoms with Gasteiger partial charge < -0.3 is 4.90 Å². The van der Waals surface area contributed by atoms with Crippen LogP contribution in [0.25, 0.3) is 0 Å². The number of thioether (sulfide) groups is 1. The SMILES string of the molecule is O=C(Nc1nnc(SCc2ccc(F)cc2)s1)c1ccc(N2CCCC2=O)cc1. The van der Waals surface area contributed by atoms with Gasteiger partial charge in [-0.1, -0.05) is 35.2 Å². The quantitative estimate of drug-likeness (QED) is 0.467. The van der Waals surface area contributed by atoms with Crippen molar-refractivity contribution < 1.29 is 14.0 Å². The summed E-state index contributed by atoms with van der Waals surface area (Å²) in [5, 5.41) is 11.2. The molecule has 0 spiro atoms. The Bertz CT molecular complexity index is 1020. The molecule has 1 aliphatic rings. The maximum atomic E-state index is 12.9. The minimum Gasteiger partial charge on any atom is -0.312 e. The molecule has 4 rings (SSSR count). The van der Waals surface area contributed by atoms with Crippen molar-refractivity contribution in [2.45, 2.75) is 22.9 Å². The number of aromatic nitrogens is 2. The van der Waals surface area contributed by atoms with Crippen molar-refractivity contribution in [3.8, 4) is 0 Å². The Morgan fingerprint density at radius 2 is 1.90 bits per heavy atom. The number of hydrogen-bond donors (Lipinski definition) is 1. The summed E-state index contributed by atoms with van der Waals surface area (Å²) in [6, 6.07) is 13.3. The van der Waals surface area contributed by atoms with Crippen LogP contribution in [0.2, 0.25) is 0 Å². The van der Waals surface area contributed by atoms with E-state index < -0.39 is 0 Å². The summed E-state index contributed by atoms with van der Waals surface area (Å²) in [6.45, 7) is 0.716. The number of amides is 2. The van der Waals surface area contributed by atoms with Crippen LogP contribution in [0.5, 0.6) is 0 Å². The van der Waals surface area contributed by atoms with Gasteiger partial charge in [0.1, 0.15) is 5.82 Å². The highest BCUT2D eigenvalue weighted by Gasteiger charge is 2.21. The van der Waals surface area contributed by atoms with E-state index in [1.165, 1.54) is 35.2 Å². The molecule has 0 radical (unpaired) electrons. The molecule has 0 atom stereocenters. The molecule has 148 valence electrons. The molecule has 29 heavy (non-hydrogen) atoms. The Kier molecular flexibility index (Phi) is 5.86. The molecule has 6 nitrogen and oxygen atoms in total. The second kappa shape index (κ2) is 8.71. The molecule has 1 fully saturated rings. The summed E-state index contributed by atoms with van der Waals surface area (Å²) < 4.78 is 13.7. The number of carbonyl (C=O) groups is 2. The van der Waals surface area contributed by atoms with E-state index >= 15 is 0 Å². The normalized spacial score (nSPS) is 13.7. The first-order chi connectivity index (χ1) is 14.1. The van der Waals surface area contributed by atoms with Crippen molar-refractivity contribution in [1.29, 1.82) is 0 Å². The lowest BCUT2D eigenvalue weighted by Crippen LogP contribution is -2.23. The van der Waals surface area contributed by atoms with Crippen LogP contribution < -0.4 is 10.2 Å². The van der Waals surface area contributed by atoms with Gasteiger partial charge in [-0.05, 0) is 48.4 Å². The molecule has 9 heteroatoms. The van der Waals surface area contributed by atoms with E-state index in [2.05, 4.69) is 15.5 Å². The third-order valence-electron chi connectivity index (χ3n) is 4.42. The fraction of sp³-hybridized carbons (Fsp3) is 0.200. The summed E-state index contributed by atoms with van der Waals surface area (Å²) in [5.74, 6) is 0.205. The van der Waals surface area contributed by atoms with E-state index in [-0.39, 0.29) is 17.6 Å². The number of hydrogen-bond acceptors (Lipinski definition) is 6. The second-order valence-corrected chi connectivity index (χ2v) is 8.64. The lowest BCUT2D eigenvalue weighted by Gasteiger charge is -2.15. The Labute approximate surface area is 175 Å².